The van der Waals surface area contributed by atoms with Gasteiger partial charge in [-0.05, 0) is 38.5 Å². The SMILES string of the molecule is C=CCCCCCC1OC1C/C=C/C/C=C/CC. The Labute approximate surface area is 113 Å². The van der Waals surface area contributed by atoms with Gasteiger partial charge in [0.15, 0.2) is 0 Å². The number of rotatable bonds is 11. The Kier molecular flexibility index (Phi) is 8.58. The molecule has 0 radical (unpaired) electrons. The van der Waals surface area contributed by atoms with Crippen molar-refractivity contribution in [3.63, 3.8) is 0 Å². The van der Waals surface area contributed by atoms with Crippen molar-refractivity contribution < 1.29 is 4.74 Å². The first kappa shape index (κ1) is 15.2. The van der Waals surface area contributed by atoms with E-state index in [-0.39, 0.29) is 0 Å². The standard InChI is InChI=1S/C17H28O/c1-3-5-7-9-11-13-15-17-16(18-17)14-12-10-8-6-4-2/h4-5,7,11,13,16-17H,2-3,6,8-10,12,14-15H2,1H3/b7-5+,13-11+. The van der Waals surface area contributed by atoms with Gasteiger partial charge in [0, 0.05) is 0 Å². The molecule has 1 saturated heterocycles. The predicted octanol–water partition coefficient (Wildman–Crippen LogP) is 5.19. The van der Waals surface area contributed by atoms with Gasteiger partial charge in [-0.3, -0.25) is 0 Å². The quantitative estimate of drug-likeness (QED) is 0.278. The van der Waals surface area contributed by atoms with Crippen molar-refractivity contribution in [2.75, 3.05) is 0 Å². The molecule has 1 heteroatoms. The lowest BCUT2D eigenvalue weighted by atomic mass is 10.1. The lowest BCUT2D eigenvalue weighted by Gasteiger charge is -1.95. The smallest absolute Gasteiger partial charge is 0.0876 e. The summed E-state index contributed by atoms with van der Waals surface area (Å²) in [6.07, 6.45) is 21.6. The molecule has 1 heterocycles. The summed E-state index contributed by atoms with van der Waals surface area (Å²) in [6.45, 7) is 5.91. The van der Waals surface area contributed by atoms with E-state index in [0.717, 1.165) is 25.7 Å². The summed E-state index contributed by atoms with van der Waals surface area (Å²) in [5, 5.41) is 0. The van der Waals surface area contributed by atoms with Crippen LogP contribution in [0.5, 0.6) is 0 Å². The highest BCUT2D eigenvalue weighted by molar-refractivity contribution is 4.97. The highest BCUT2D eigenvalue weighted by Gasteiger charge is 2.36. The van der Waals surface area contributed by atoms with Crippen LogP contribution in [-0.4, -0.2) is 12.2 Å². The minimum atomic E-state index is 0.510. The zero-order chi connectivity index (χ0) is 13.1. The van der Waals surface area contributed by atoms with E-state index in [4.69, 9.17) is 4.74 Å². The monoisotopic (exact) mass is 248 g/mol. The van der Waals surface area contributed by atoms with E-state index in [1.807, 2.05) is 6.08 Å². The van der Waals surface area contributed by atoms with Gasteiger partial charge in [0.2, 0.25) is 0 Å². The van der Waals surface area contributed by atoms with E-state index in [1.165, 1.54) is 25.7 Å². The lowest BCUT2D eigenvalue weighted by Crippen LogP contribution is -1.92. The molecule has 2 atom stereocenters. The first-order chi connectivity index (χ1) is 8.88. The largest absolute Gasteiger partial charge is 0.369 e. The van der Waals surface area contributed by atoms with Crippen LogP contribution in [0.15, 0.2) is 37.0 Å². The zero-order valence-corrected chi connectivity index (χ0v) is 11.8. The van der Waals surface area contributed by atoms with Crippen LogP contribution >= 0.6 is 0 Å². The summed E-state index contributed by atoms with van der Waals surface area (Å²) in [7, 11) is 0. The number of allylic oxidation sites excluding steroid dienone is 4. The normalized spacial score (nSPS) is 22.9. The average molecular weight is 248 g/mol. The number of hydrogen-bond donors (Lipinski definition) is 0. The molecule has 0 spiro atoms. The second-order valence-electron chi connectivity index (χ2n) is 4.96. The zero-order valence-electron chi connectivity index (χ0n) is 11.8. The Morgan fingerprint density at radius 2 is 1.83 bits per heavy atom. The molecule has 0 aromatic rings. The summed E-state index contributed by atoms with van der Waals surface area (Å²) in [6, 6.07) is 0. The Balaban J connectivity index is 1.90. The molecule has 0 amide bonds. The fraction of sp³-hybridized carbons (Fsp3) is 0.647. The summed E-state index contributed by atoms with van der Waals surface area (Å²) in [5.74, 6) is 0. The van der Waals surface area contributed by atoms with Gasteiger partial charge in [0.1, 0.15) is 0 Å². The summed E-state index contributed by atoms with van der Waals surface area (Å²) >= 11 is 0. The predicted molar refractivity (Wildman–Crippen MR) is 79.7 cm³/mol. The highest BCUT2D eigenvalue weighted by atomic mass is 16.6. The molecule has 0 saturated carbocycles. The van der Waals surface area contributed by atoms with Crippen molar-refractivity contribution in [2.24, 2.45) is 0 Å². The Morgan fingerprint density at radius 3 is 2.61 bits per heavy atom. The van der Waals surface area contributed by atoms with E-state index >= 15 is 0 Å². The van der Waals surface area contributed by atoms with Gasteiger partial charge in [-0.1, -0.05) is 50.1 Å². The van der Waals surface area contributed by atoms with Gasteiger partial charge in [-0.15, -0.1) is 6.58 Å². The molecule has 18 heavy (non-hydrogen) atoms. The van der Waals surface area contributed by atoms with Crippen molar-refractivity contribution in [3.8, 4) is 0 Å². The first-order valence-corrected chi connectivity index (χ1v) is 7.44. The van der Waals surface area contributed by atoms with Crippen molar-refractivity contribution in [3.05, 3.63) is 37.0 Å². The molecular formula is C17H28O. The molecule has 1 rings (SSSR count). The van der Waals surface area contributed by atoms with E-state index in [2.05, 4.69) is 37.8 Å². The summed E-state index contributed by atoms with van der Waals surface area (Å²) in [4.78, 5) is 0. The van der Waals surface area contributed by atoms with Crippen LogP contribution < -0.4 is 0 Å². The molecule has 2 unspecified atom stereocenters. The van der Waals surface area contributed by atoms with E-state index in [0.29, 0.717) is 12.2 Å². The van der Waals surface area contributed by atoms with Crippen molar-refractivity contribution >= 4 is 0 Å². The minimum Gasteiger partial charge on any atom is -0.369 e. The topological polar surface area (TPSA) is 12.5 Å². The fourth-order valence-corrected chi connectivity index (χ4v) is 2.12. The van der Waals surface area contributed by atoms with Crippen LogP contribution in [0, 0.1) is 0 Å². The third-order valence-corrected chi connectivity index (χ3v) is 3.29. The van der Waals surface area contributed by atoms with Crippen molar-refractivity contribution in [2.45, 2.75) is 70.5 Å². The van der Waals surface area contributed by atoms with E-state index in [1.54, 1.807) is 0 Å². The number of unbranched alkanes of at least 4 members (excludes halogenated alkanes) is 3. The Bertz CT molecular complexity index is 265. The molecule has 0 bridgehead atoms. The lowest BCUT2D eigenvalue weighted by molar-refractivity contribution is 0.359. The van der Waals surface area contributed by atoms with Crippen LogP contribution in [0.25, 0.3) is 0 Å². The molecule has 1 fully saturated rings. The number of epoxide rings is 1. The second kappa shape index (κ2) is 10.1. The molecule has 0 aromatic carbocycles. The van der Waals surface area contributed by atoms with Gasteiger partial charge < -0.3 is 4.74 Å². The van der Waals surface area contributed by atoms with E-state index in [9.17, 15) is 0 Å². The van der Waals surface area contributed by atoms with Crippen LogP contribution in [0.4, 0.5) is 0 Å². The maximum Gasteiger partial charge on any atom is 0.0876 e. The third-order valence-electron chi connectivity index (χ3n) is 3.29. The van der Waals surface area contributed by atoms with Gasteiger partial charge >= 0.3 is 0 Å². The molecule has 1 aliphatic rings. The molecule has 0 aromatic heterocycles. The minimum absolute atomic E-state index is 0.510. The van der Waals surface area contributed by atoms with Crippen LogP contribution in [-0.2, 0) is 4.74 Å². The Morgan fingerprint density at radius 1 is 1.00 bits per heavy atom. The van der Waals surface area contributed by atoms with Crippen LogP contribution in [0.2, 0.25) is 0 Å². The second-order valence-corrected chi connectivity index (χ2v) is 4.96. The first-order valence-electron chi connectivity index (χ1n) is 7.44. The molecule has 0 aliphatic carbocycles. The van der Waals surface area contributed by atoms with Crippen LogP contribution in [0.3, 0.4) is 0 Å². The van der Waals surface area contributed by atoms with Crippen LogP contribution in [0.1, 0.15) is 58.3 Å². The Hall–Kier alpha value is -0.820. The molecule has 1 aliphatic heterocycles. The molecule has 0 N–H and O–H groups in total. The highest BCUT2D eigenvalue weighted by Crippen LogP contribution is 2.30. The van der Waals surface area contributed by atoms with Gasteiger partial charge in [0.25, 0.3) is 0 Å². The van der Waals surface area contributed by atoms with E-state index < -0.39 is 0 Å². The van der Waals surface area contributed by atoms with Gasteiger partial charge in [-0.25, -0.2) is 0 Å². The summed E-state index contributed by atoms with van der Waals surface area (Å²) < 4.78 is 5.66. The average Bonchev–Trinajstić information content (AvgIpc) is 3.12. The molecule has 1 nitrogen and oxygen atoms in total. The molecular weight excluding hydrogens is 220 g/mol. The maximum atomic E-state index is 5.66. The maximum absolute atomic E-state index is 5.66. The van der Waals surface area contributed by atoms with Gasteiger partial charge in [0.05, 0.1) is 12.2 Å². The summed E-state index contributed by atoms with van der Waals surface area (Å²) in [5.41, 5.74) is 0. The fourth-order valence-electron chi connectivity index (χ4n) is 2.12. The van der Waals surface area contributed by atoms with Crippen molar-refractivity contribution in [1.82, 2.24) is 0 Å². The number of ether oxygens (including phenoxy) is 1. The number of hydrogen-bond acceptors (Lipinski definition) is 1. The molecule has 102 valence electrons. The third kappa shape index (κ3) is 7.50. The van der Waals surface area contributed by atoms with Gasteiger partial charge in [-0.2, -0.15) is 0 Å². The van der Waals surface area contributed by atoms with Crippen molar-refractivity contribution in [1.29, 1.82) is 0 Å².